The number of thioether (sulfide) groups is 1. The third-order valence-electron chi connectivity index (χ3n) is 1.25. The van der Waals surface area contributed by atoms with E-state index in [0.29, 0.717) is 10.0 Å². The zero-order valence-corrected chi connectivity index (χ0v) is 8.79. The van der Waals surface area contributed by atoms with Gasteiger partial charge in [-0.1, -0.05) is 23.2 Å². The van der Waals surface area contributed by atoms with Crippen molar-refractivity contribution >= 4 is 40.9 Å². The molecule has 0 aliphatic rings. The van der Waals surface area contributed by atoms with Gasteiger partial charge in [0.05, 0.1) is 10.8 Å². The average molecular weight is 237 g/mol. The second-order valence-corrected chi connectivity index (χ2v) is 4.12. The first-order chi connectivity index (χ1) is 6.09. The number of rotatable bonds is 3. The van der Waals surface area contributed by atoms with Crippen LogP contribution in [0.3, 0.4) is 0 Å². The Morgan fingerprint density at radius 1 is 1.46 bits per heavy atom. The van der Waals surface area contributed by atoms with Gasteiger partial charge >= 0.3 is 5.97 Å². The van der Waals surface area contributed by atoms with Crippen molar-refractivity contribution in [3.8, 4) is 0 Å². The zero-order chi connectivity index (χ0) is 9.84. The number of halogens is 2. The van der Waals surface area contributed by atoms with E-state index < -0.39 is 5.97 Å². The molecule has 5 heteroatoms. The van der Waals surface area contributed by atoms with Crippen LogP contribution >= 0.6 is 35.0 Å². The Morgan fingerprint density at radius 2 is 2.15 bits per heavy atom. The Hall–Kier alpha value is -0.380. The molecule has 0 aliphatic carbocycles. The number of hydrogen-bond donors (Lipinski definition) is 1. The SMILES string of the molecule is O=C(O)CSc1ccc(Cl)cc1Cl. The van der Waals surface area contributed by atoms with Crippen LogP contribution in [0.1, 0.15) is 0 Å². The maximum absolute atomic E-state index is 10.3. The molecule has 0 saturated carbocycles. The van der Waals surface area contributed by atoms with E-state index in [1.54, 1.807) is 18.2 Å². The number of benzene rings is 1. The Kier molecular flexibility index (Phi) is 3.90. The summed E-state index contributed by atoms with van der Waals surface area (Å²) in [5, 5.41) is 9.46. The topological polar surface area (TPSA) is 37.3 Å². The van der Waals surface area contributed by atoms with Gasteiger partial charge in [0.25, 0.3) is 0 Å². The summed E-state index contributed by atoms with van der Waals surface area (Å²) in [5.74, 6) is -0.863. The van der Waals surface area contributed by atoms with E-state index in [0.717, 1.165) is 4.90 Å². The molecule has 0 aromatic heterocycles. The number of hydrogen-bond acceptors (Lipinski definition) is 2. The van der Waals surface area contributed by atoms with E-state index in [1.807, 2.05) is 0 Å². The highest BCUT2D eigenvalue weighted by atomic mass is 35.5. The van der Waals surface area contributed by atoms with E-state index in [1.165, 1.54) is 11.8 Å². The first-order valence-corrected chi connectivity index (χ1v) is 5.13. The van der Waals surface area contributed by atoms with E-state index in [9.17, 15) is 4.79 Å². The summed E-state index contributed by atoms with van der Waals surface area (Å²) in [6, 6.07) is 4.98. The fraction of sp³-hybridized carbons (Fsp3) is 0.125. The summed E-state index contributed by atoms with van der Waals surface area (Å²) in [4.78, 5) is 11.0. The lowest BCUT2D eigenvalue weighted by Crippen LogP contribution is -1.97. The van der Waals surface area contributed by atoms with Crippen molar-refractivity contribution in [3.63, 3.8) is 0 Å². The molecule has 0 saturated heterocycles. The second kappa shape index (κ2) is 4.74. The number of carboxylic acids is 1. The molecule has 0 heterocycles. The van der Waals surface area contributed by atoms with Crippen LogP contribution in [0.5, 0.6) is 0 Å². The van der Waals surface area contributed by atoms with E-state index in [-0.39, 0.29) is 5.75 Å². The van der Waals surface area contributed by atoms with Crippen molar-refractivity contribution in [2.75, 3.05) is 5.75 Å². The maximum Gasteiger partial charge on any atom is 0.313 e. The van der Waals surface area contributed by atoms with Crippen molar-refractivity contribution in [1.29, 1.82) is 0 Å². The summed E-state index contributed by atoms with van der Waals surface area (Å²) in [6.45, 7) is 0. The summed E-state index contributed by atoms with van der Waals surface area (Å²) in [7, 11) is 0. The quantitative estimate of drug-likeness (QED) is 0.820. The van der Waals surface area contributed by atoms with Crippen LogP contribution in [0, 0.1) is 0 Å². The molecule has 0 fully saturated rings. The van der Waals surface area contributed by atoms with Gasteiger partial charge in [-0.3, -0.25) is 4.79 Å². The molecule has 1 aromatic rings. The van der Waals surface area contributed by atoms with Crippen molar-refractivity contribution in [3.05, 3.63) is 28.2 Å². The maximum atomic E-state index is 10.3. The van der Waals surface area contributed by atoms with Crippen LogP contribution in [-0.4, -0.2) is 16.8 Å². The molecule has 0 unspecified atom stereocenters. The van der Waals surface area contributed by atoms with Crippen molar-refractivity contribution in [2.24, 2.45) is 0 Å². The molecule has 1 rings (SSSR count). The van der Waals surface area contributed by atoms with Crippen molar-refractivity contribution in [2.45, 2.75) is 4.90 Å². The largest absolute Gasteiger partial charge is 0.481 e. The fourth-order valence-electron chi connectivity index (χ4n) is 0.732. The van der Waals surface area contributed by atoms with E-state index in [2.05, 4.69) is 0 Å². The van der Waals surface area contributed by atoms with Crippen LogP contribution in [0.2, 0.25) is 10.0 Å². The molecule has 1 aromatic carbocycles. The Morgan fingerprint density at radius 3 is 2.69 bits per heavy atom. The lowest BCUT2D eigenvalue weighted by Gasteiger charge is -2.01. The summed E-state index contributed by atoms with van der Waals surface area (Å²) >= 11 is 12.7. The van der Waals surface area contributed by atoms with Gasteiger partial charge in [-0.05, 0) is 18.2 Å². The van der Waals surface area contributed by atoms with Gasteiger partial charge in [-0.25, -0.2) is 0 Å². The van der Waals surface area contributed by atoms with Crippen LogP contribution < -0.4 is 0 Å². The smallest absolute Gasteiger partial charge is 0.313 e. The minimum Gasteiger partial charge on any atom is -0.481 e. The van der Waals surface area contributed by atoms with Gasteiger partial charge in [0.1, 0.15) is 0 Å². The molecule has 2 nitrogen and oxygen atoms in total. The van der Waals surface area contributed by atoms with E-state index >= 15 is 0 Å². The normalized spacial score (nSPS) is 10.0. The molecule has 70 valence electrons. The van der Waals surface area contributed by atoms with Crippen LogP contribution in [0.25, 0.3) is 0 Å². The highest BCUT2D eigenvalue weighted by Crippen LogP contribution is 2.29. The van der Waals surface area contributed by atoms with Crippen molar-refractivity contribution < 1.29 is 9.90 Å². The van der Waals surface area contributed by atoms with Gasteiger partial charge in [0, 0.05) is 9.92 Å². The standard InChI is InChI=1S/C8H6Cl2O2S/c9-5-1-2-7(6(10)3-5)13-4-8(11)12/h1-3H,4H2,(H,11,12). The fourth-order valence-corrected chi connectivity index (χ4v) is 1.94. The van der Waals surface area contributed by atoms with Gasteiger partial charge in [0.2, 0.25) is 0 Å². The first-order valence-electron chi connectivity index (χ1n) is 3.39. The second-order valence-electron chi connectivity index (χ2n) is 2.26. The van der Waals surface area contributed by atoms with Gasteiger partial charge in [-0.15, -0.1) is 11.8 Å². The third kappa shape index (κ3) is 3.46. The van der Waals surface area contributed by atoms with Gasteiger partial charge in [0.15, 0.2) is 0 Å². The first kappa shape index (κ1) is 10.7. The Balaban J connectivity index is 2.72. The Bertz CT molecular complexity index is 328. The highest BCUT2D eigenvalue weighted by Gasteiger charge is 2.04. The zero-order valence-electron chi connectivity index (χ0n) is 6.46. The molecule has 0 bridgehead atoms. The van der Waals surface area contributed by atoms with Crippen molar-refractivity contribution in [1.82, 2.24) is 0 Å². The molecule has 0 aliphatic heterocycles. The van der Waals surface area contributed by atoms with Crippen LogP contribution in [-0.2, 0) is 4.79 Å². The third-order valence-corrected chi connectivity index (χ3v) is 2.96. The number of aliphatic carboxylic acids is 1. The lowest BCUT2D eigenvalue weighted by molar-refractivity contribution is -0.133. The van der Waals surface area contributed by atoms with E-state index in [4.69, 9.17) is 28.3 Å². The van der Waals surface area contributed by atoms with Crippen LogP contribution in [0.4, 0.5) is 0 Å². The van der Waals surface area contributed by atoms with Crippen LogP contribution in [0.15, 0.2) is 23.1 Å². The minimum atomic E-state index is -0.865. The molecule has 0 radical (unpaired) electrons. The predicted octanol–water partition coefficient (Wildman–Crippen LogP) is 3.17. The average Bonchev–Trinajstić information content (AvgIpc) is 2.02. The summed E-state index contributed by atoms with van der Waals surface area (Å²) in [5.41, 5.74) is 0. The molecule has 0 spiro atoms. The molecular formula is C8H6Cl2O2S. The predicted molar refractivity (Wildman–Crippen MR) is 54.8 cm³/mol. The monoisotopic (exact) mass is 236 g/mol. The minimum absolute atomic E-state index is 0.00134. The molecule has 1 N–H and O–H groups in total. The Labute approximate surface area is 89.8 Å². The number of carboxylic acid groups (broad SMARTS) is 1. The van der Waals surface area contributed by atoms with Gasteiger partial charge < -0.3 is 5.11 Å². The molecule has 0 atom stereocenters. The molecule has 13 heavy (non-hydrogen) atoms. The highest BCUT2D eigenvalue weighted by molar-refractivity contribution is 8.00. The molecular weight excluding hydrogens is 231 g/mol. The molecule has 0 amide bonds. The summed E-state index contributed by atoms with van der Waals surface area (Å²) in [6.07, 6.45) is 0. The number of carbonyl (C=O) groups is 1. The summed E-state index contributed by atoms with van der Waals surface area (Å²) < 4.78 is 0. The lowest BCUT2D eigenvalue weighted by atomic mass is 10.4. The van der Waals surface area contributed by atoms with Gasteiger partial charge in [-0.2, -0.15) is 0 Å².